The number of hydrogen-bond donors (Lipinski definition) is 1. The topological polar surface area (TPSA) is 98.3 Å². The molecule has 2 rings (SSSR count). The number of rotatable bonds is 5. The molecule has 0 atom stereocenters. The second kappa shape index (κ2) is 5.74. The van der Waals surface area contributed by atoms with Crippen molar-refractivity contribution in [1.82, 2.24) is 9.78 Å². The predicted molar refractivity (Wildman–Crippen MR) is 73.3 cm³/mol. The maximum absolute atomic E-state index is 11.1. The van der Waals surface area contributed by atoms with Gasteiger partial charge in [0.15, 0.2) is 5.03 Å². The monoisotopic (exact) mass is 293 g/mol. The van der Waals surface area contributed by atoms with Gasteiger partial charge >= 0.3 is 11.7 Å². The Kier molecular flexibility index (Phi) is 4.04. The average molecular weight is 293 g/mol. The lowest BCUT2D eigenvalue weighted by molar-refractivity contribution is -0.388. The molecular weight excluding hydrogens is 282 g/mol. The second-order valence-electron chi connectivity index (χ2n) is 3.93. The molecule has 1 aromatic heterocycles. The van der Waals surface area contributed by atoms with Crippen molar-refractivity contribution in [2.45, 2.75) is 11.9 Å². The van der Waals surface area contributed by atoms with Crippen LogP contribution in [0.2, 0.25) is 0 Å². The Morgan fingerprint density at radius 2 is 2.10 bits per heavy atom. The van der Waals surface area contributed by atoms with E-state index in [1.165, 1.54) is 11.6 Å². The number of carboxylic acid groups (broad SMARTS) is 1. The highest BCUT2D eigenvalue weighted by Crippen LogP contribution is 2.33. The minimum Gasteiger partial charge on any atom is -0.481 e. The molecule has 0 radical (unpaired) electrons. The minimum atomic E-state index is -1.04. The van der Waals surface area contributed by atoms with Gasteiger partial charge in [-0.2, -0.15) is 5.10 Å². The molecule has 0 fully saturated rings. The van der Waals surface area contributed by atoms with Crippen molar-refractivity contribution in [1.29, 1.82) is 0 Å². The number of hydrogen-bond acceptors (Lipinski definition) is 5. The lowest BCUT2D eigenvalue weighted by atomic mass is 10.3. The quantitative estimate of drug-likeness (QED) is 0.516. The maximum atomic E-state index is 11.1. The Balaban J connectivity index is 2.53. The van der Waals surface area contributed by atoms with Crippen molar-refractivity contribution in [2.24, 2.45) is 0 Å². The van der Waals surface area contributed by atoms with Crippen LogP contribution in [0.25, 0.3) is 5.69 Å². The number of aliphatic carboxylic acids is 1. The van der Waals surface area contributed by atoms with Crippen LogP contribution in [0, 0.1) is 17.0 Å². The van der Waals surface area contributed by atoms with E-state index >= 15 is 0 Å². The summed E-state index contributed by atoms with van der Waals surface area (Å²) in [4.78, 5) is 21.3. The van der Waals surface area contributed by atoms with Gasteiger partial charge in [0.1, 0.15) is 5.69 Å². The molecule has 0 aliphatic heterocycles. The molecule has 104 valence electrons. The first-order valence-electron chi connectivity index (χ1n) is 5.64. The largest absolute Gasteiger partial charge is 0.481 e. The summed E-state index contributed by atoms with van der Waals surface area (Å²) in [7, 11) is 0. The summed E-state index contributed by atoms with van der Waals surface area (Å²) < 4.78 is 1.40. The molecule has 7 nitrogen and oxygen atoms in total. The van der Waals surface area contributed by atoms with Gasteiger partial charge in [0.2, 0.25) is 0 Å². The SMILES string of the molecule is Cc1nn(-c2ccccc2)c(SCC(=O)O)c1[N+](=O)[O-]. The number of aryl methyl sites for hydroxylation is 1. The molecule has 0 aliphatic carbocycles. The molecule has 0 aliphatic rings. The van der Waals surface area contributed by atoms with E-state index in [1.807, 2.05) is 6.07 Å². The van der Waals surface area contributed by atoms with Gasteiger partial charge < -0.3 is 5.11 Å². The van der Waals surface area contributed by atoms with E-state index in [2.05, 4.69) is 5.10 Å². The molecule has 1 N–H and O–H groups in total. The molecule has 2 aromatic rings. The van der Waals surface area contributed by atoms with Gasteiger partial charge in [-0.05, 0) is 19.1 Å². The third-order valence-corrected chi connectivity index (χ3v) is 3.53. The van der Waals surface area contributed by atoms with Crippen molar-refractivity contribution in [2.75, 3.05) is 5.75 Å². The number of aromatic nitrogens is 2. The molecule has 1 heterocycles. The van der Waals surface area contributed by atoms with Crippen LogP contribution in [-0.2, 0) is 4.79 Å². The van der Waals surface area contributed by atoms with E-state index in [0.29, 0.717) is 5.69 Å². The fraction of sp³-hybridized carbons (Fsp3) is 0.167. The Morgan fingerprint density at radius 1 is 1.45 bits per heavy atom. The summed E-state index contributed by atoms with van der Waals surface area (Å²) in [6.07, 6.45) is 0. The Hall–Kier alpha value is -2.35. The van der Waals surface area contributed by atoms with Crippen LogP contribution in [0.4, 0.5) is 5.69 Å². The average Bonchev–Trinajstić information content (AvgIpc) is 2.74. The number of carboxylic acids is 1. The zero-order valence-corrected chi connectivity index (χ0v) is 11.3. The number of carbonyl (C=O) groups is 1. The van der Waals surface area contributed by atoms with Gasteiger partial charge in [-0.15, -0.1) is 0 Å². The van der Waals surface area contributed by atoms with Crippen molar-refractivity contribution in [3.05, 3.63) is 46.1 Å². The van der Waals surface area contributed by atoms with Crippen LogP contribution in [0.15, 0.2) is 35.4 Å². The van der Waals surface area contributed by atoms with Crippen molar-refractivity contribution >= 4 is 23.4 Å². The first-order chi connectivity index (χ1) is 9.50. The molecule has 0 amide bonds. The van der Waals surface area contributed by atoms with Gasteiger partial charge in [-0.3, -0.25) is 14.9 Å². The maximum Gasteiger partial charge on any atom is 0.324 e. The van der Waals surface area contributed by atoms with Crippen LogP contribution in [-0.4, -0.2) is 31.5 Å². The highest BCUT2D eigenvalue weighted by molar-refractivity contribution is 8.00. The van der Waals surface area contributed by atoms with E-state index in [9.17, 15) is 14.9 Å². The second-order valence-corrected chi connectivity index (χ2v) is 4.89. The summed E-state index contributed by atoms with van der Waals surface area (Å²) in [6, 6.07) is 8.88. The van der Waals surface area contributed by atoms with E-state index in [1.54, 1.807) is 24.3 Å². The summed E-state index contributed by atoms with van der Waals surface area (Å²) in [5, 5.41) is 24.2. The smallest absolute Gasteiger partial charge is 0.324 e. The minimum absolute atomic E-state index is 0.153. The van der Waals surface area contributed by atoms with E-state index in [-0.39, 0.29) is 22.2 Å². The number of para-hydroxylation sites is 1. The van der Waals surface area contributed by atoms with E-state index in [4.69, 9.17) is 5.11 Å². The summed E-state index contributed by atoms with van der Waals surface area (Å²) in [5.74, 6) is -1.30. The molecule has 8 heteroatoms. The first kappa shape index (κ1) is 14.1. The molecule has 20 heavy (non-hydrogen) atoms. The fourth-order valence-corrected chi connectivity index (χ4v) is 2.60. The fourth-order valence-electron chi connectivity index (χ4n) is 1.71. The Bertz CT molecular complexity index is 654. The Labute approximate surface area is 118 Å². The number of nitro groups is 1. The van der Waals surface area contributed by atoms with Crippen molar-refractivity contribution in [3.63, 3.8) is 0 Å². The van der Waals surface area contributed by atoms with Crippen LogP contribution in [0.5, 0.6) is 0 Å². The zero-order chi connectivity index (χ0) is 14.7. The lowest BCUT2D eigenvalue weighted by Crippen LogP contribution is -2.03. The van der Waals surface area contributed by atoms with Crippen molar-refractivity contribution < 1.29 is 14.8 Å². The Morgan fingerprint density at radius 3 is 2.65 bits per heavy atom. The molecule has 0 saturated carbocycles. The van der Waals surface area contributed by atoms with Gasteiger partial charge in [-0.25, -0.2) is 4.68 Å². The van der Waals surface area contributed by atoms with Gasteiger partial charge in [0.25, 0.3) is 0 Å². The lowest BCUT2D eigenvalue weighted by Gasteiger charge is -2.05. The van der Waals surface area contributed by atoms with Gasteiger partial charge in [0, 0.05) is 0 Å². The van der Waals surface area contributed by atoms with Gasteiger partial charge in [0.05, 0.1) is 16.4 Å². The molecule has 0 saturated heterocycles. The highest BCUT2D eigenvalue weighted by atomic mass is 32.2. The zero-order valence-electron chi connectivity index (χ0n) is 10.5. The third-order valence-electron chi connectivity index (χ3n) is 2.50. The molecular formula is C12H11N3O4S. The molecule has 0 bridgehead atoms. The molecule has 0 unspecified atom stereocenters. The van der Waals surface area contributed by atoms with Crippen molar-refractivity contribution in [3.8, 4) is 5.69 Å². The van der Waals surface area contributed by atoms with Crippen LogP contribution in [0.3, 0.4) is 0 Å². The summed E-state index contributed by atoms with van der Waals surface area (Å²) >= 11 is 0.885. The number of benzene rings is 1. The number of thioether (sulfide) groups is 1. The molecule has 0 spiro atoms. The van der Waals surface area contributed by atoms with Crippen LogP contribution in [0.1, 0.15) is 5.69 Å². The van der Waals surface area contributed by atoms with Crippen LogP contribution < -0.4 is 0 Å². The molecule has 1 aromatic carbocycles. The van der Waals surface area contributed by atoms with E-state index in [0.717, 1.165) is 11.8 Å². The standard InChI is InChI=1S/C12H11N3O4S/c1-8-11(15(18)19)12(20-7-10(16)17)14(13-8)9-5-3-2-4-6-9/h2-6H,7H2,1H3,(H,16,17). The van der Waals surface area contributed by atoms with Gasteiger partial charge in [-0.1, -0.05) is 30.0 Å². The highest BCUT2D eigenvalue weighted by Gasteiger charge is 2.26. The summed E-state index contributed by atoms with van der Waals surface area (Å²) in [5.41, 5.74) is 0.753. The normalized spacial score (nSPS) is 10.4. The first-order valence-corrected chi connectivity index (χ1v) is 6.63. The third kappa shape index (κ3) is 2.80. The van der Waals surface area contributed by atoms with Crippen LogP contribution >= 0.6 is 11.8 Å². The predicted octanol–water partition coefficient (Wildman–Crippen LogP) is 2.27. The summed E-state index contributed by atoms with van der Waals surface area (Å²) in [6.45, 7) is 1.53. The van der Waals surface area contributed by atoms with E-state index < -0.39 is 10.9 Å². The number of nitrogens with zero attached hydrogens (tertiary/aromatic N) is 3.